The third-order valence-electron chi connectivity index (χ3n) is 3.30. The SMILES string of the molecule is CCOC(=O)N(C)CC(C#N)(CC)c1ccc(Cl)cc1. The van der Waals surface area contributed by atoms with Crippen LogP contribution in [0.4, 0.5) is 4.79 Å². The minimum Gasteiger partial charge on any atom is -0.450 e. The van der Waals surface area contributed by atoms with E-state index in [4.69, 9.17) is 16.3 Å². The molecule has 0 aliphatic rings. The number of hydrogen-bond donors (Lipinski definition) is 0. The smallest absolute Gasteiger partial charge is 0.409 e. The second-order valence-electron chi connectivity index (χ2n) is 4.61. The number of ether oxygens (including phenoxy) is 1. The number of carbonyl (C=O) groups excluding carboxylic acids is 1. The van der Waals surface area contributed by atoms with Crippen LogP contribution in [0.1, 0.15) is 25.8 Å². The van der Waals surface area contributed by atoms with Gasteiger partial charge in [-0.15, -0.1) is 0 Å². The number of halogens is 1. The Kier molecular flexibility index (Phi) is 5.84. The van der Waals surface area contributed by atoms with Gasteiger partial charge in [0.05, 0.1) is 18.1 Å². The molecule has 4 nitrogen and oxygen atoms in total. The normalized spacial score (nSPS) is 13.2. The highest BCUT2D eigenvalue weighted by molar-refractivity contribution is 6.30. The molecule has 1 rings (SSSR count). The van der Waals surface area contributed by atoms with Crippen LogP contribution in [-0.4, -0.2) is 31.2 Å². The maximum absolute atomic E-state index is 11.7. The molecule has 1 atom stereocenters. The molecule has 0 spiro atoms. The van der Waals surface area contributed by atoms with Crippen molar-refractivity contribution in [2.24, 2.45) is 0 Å². The van der Waals surface area contributed by atoms with Gasteiger partial charge in [0.25, 0.3) is 0 Å². The Morgan fingerprint density at radius 2 is 2.00 bits per heavy atom. The summed E-state index contributed by atoms with van der Waals surface area (Å²) in [5, 5.41) is 10.2. The fraction of sp³-hybridized carbons (Fsp3) is 0.467. The van der Waals surface area contributed by atoms with Crippen molar-refractivity contribution in [2.75, 3.05) is 20.2 Å². The predicted octanol–water partition coefficient (Wildman–Crippen LogP) is 3.60. The molecule has 20 heavy (non-hydrogen) atoms. The first-order valence-corrected chi connectivity index (χ1v) is 6.92. The first-order valence-electron chi connectivity index (χ1n) is 6.54. The lowest BCUT2D eigenvalue weighted by atomic mass is 9.79. The molecule has 0 N–H and O–H groups in total. The molecule has 0 saturated carbocycles. The maximum atomic E-state index is 11.7. The molecule has 0 saturated heterocycles. The van der Waals surface area contributed by atoms with Gasteiger partial charge in [-0.3, -0.25) is 0 Å². The Morgan fingerprint density at radius 1 is 1.40 bits per heavy atom. The molecule has 1 aromatic rings. The fourth-order valence-corrected chi connectivity index (χ4v) is 2.18. The van der Waals surface area contributed by atoms with Gasteiger partial charge in [-0.2, -0.15) is 5.26 Å². The van der Waals surface area contributed by atoms with E-state index in [9.17, 15) is 10.1 Å². The number of likely N-dealkylation sites (N-methyl/N-ethyl adjacent to an activating group) is 1. The molecular weight excluding hydrogens is 276 g/mol. The summed E-state index contributed by atoms with van der Waals surface area (Å²) in [5.41, 5.74) is 0.0922. The third kappa shape index (κ3) is 3.64. The van der Waals surface area contributed by atoms with Gasteiger partial charge in [0.15, 0.2) is 0 Å². The third-order valence-corrected chi connectivity index (χ3v) is 3.55. The van der Waals surface area contributed by atoms with Crippen molar-refractivity contribution in [1.82, 2.24) is 4.90 Å². The fourth-order valence-electron chi connectivity index (χ4n) is 2.06. The van der Waals surface area contributed by atoms with Crippen LogP contribution in [0, 0.1) is 11.3 Å². The van der Waals surface area contributed by atoms with E-state index in [0.29, 0.717) is 18.1 Å². The van der Waals surface area contributed by atoms with Gasteiger partial charge in [-0.05, 0) is 31.0 Å². The molecule has 108 valence electrons. The highest BCUT2D eigenvalue weighted by Gasteiger charge is 2.33. The Bertz CT molecular complexity index is 496. The summed E-state index contributed by atoms with van der Waals surface area (Å²) < 4.78 is 4.95. The van der Waals surface area contributed by atoms with Gasteiger partial charge >= 0.3 is 6.09 Å². The first kappa shape index (κ1) is 16.3. The van der Waals surface area contributed by atoms with Crippen molar-refractivity contribution in [3.63, 3.8) is 0 Å². The van der Waals surface area contributed by atoms with Crippen molar-refractivity contribution < 1.29 is 9.53 Å². The molecular formula is C15H19ClN2O2. The summed E-state index contributed by atoms with van der Waals surface area (Å²) in [4.78, 5) is 13.1. The summed E-state index contributed by atoms with van der Waals surface area (Å²) >= 11 is 5.88. The second kappa shape index (κ2) is 7.16. The number of nitrogens with zero attached hydrogens (tertiary/aromatic N) is 2. The molecule has 0 bridgehead atoms. The minimum atomic E-state index is -0.758. The van der Waals surface area contributed by atoms with Crippen molar-refractivity contribution in [3.8, 4) is 6.07 Å². The van der Waals surface area contributed by atoms with E-state index in [1.54, 1.807) is 26.1 Å². The number of benzene rings is 1. The van der Waals surface area contributed by atoms with E-state index >= 15 is 0 Å². The van der Waals surface area contributed by atoms with Gasteiger partial charge in [-0.1, -0.05) is 30.7 Å². The standard InChI is InChI=1S/C15H19ClN2O2/c1-4-15(10-17,11-18(3)14(19)20-5-2)12-6-8-13(16)9-7-12/h6-9H,4-5,11H2,1-3H3. The predicted molar refractivity (Wildman–Crippen MR) is 78.7 cm³/mol. The average molecular weight is 295 g/mol. The van der Waals surface area contributed by atoms with Crippen molar-refractivity contribution in [1.29, 1.82) is 5.26 Å². The van der Waals surface area contributed by atoms with Crippen molar-refractivity contribution >= 4 is 17.7 Å². The Balaban J connectivity index is 3.01. The van der Waals surface area contributed by atoms with E-state index < -0.39 is 11.5 Å². The molecule has 1 aromatic carbocycles. The van der Waals surface area contributed by atoms with E-state index in [1.807, 2.05) is 19.1 Å². The quantitative estimate of drug-likeness (QED) is 0.834. The van der Waals surface area contributed by atoms with Gasteiger partial charge in [0.2, 0.25) is 0 Å². The summed E-state index contributed by atoms with van der Waals surface area (Å²) in [6, 6.07) is 9.50. The molecule has 0 heterocycles. The lowest BCUT2D eigenvalue weighted by molar-refractivity contribution is 0.110. The molecule has 1 unspecified atom stereocenters. The first-order chi connectivity index (χ1) is 9.49. The lowest BCUT2D eigenvalue weighted by Crippen LogP contribution is -2.41. The average Bonchev–Trinajstić information content (AvgIpc) is 2.46. The Labute approximate surface area is 124 Å². The highest BCUT2D eigenvalue weighted by Crippen LogP contribution is 2.29. The van der Waals surface area contributed by atoms with Gasteiger partial charge in [-0.25, -0.2) is 4.79 Å². The van der Waals surface area contributed by atoms with Crippen LogP contribution in [0.3, 0.4) is 0 Å². The molecule has 0 aliphatic heterocycles. The van der Waals surface area contributed by atoms with E-state index in [0.717, 1.165) is 5.56 Å². The van der Waals surface area contributed by atoms with Gasteiger partial charge in [0.1, 0.15) is 0 Å². The number of rotatable bonds is 5. The summed E-state index contributed by atoms with van der Waals surface area (Å²) in [7, 11) is 1.63. The second-order valence-corrected chi connectivity index (χ2v) is 5.05. The summed E-state index contributed by atoms with van der Waals surface area (Å²) in [6.07, 6.45) is 0.170. The zero-order valence-corrected chi connectivity index (χ0v) is 12.8. The number of nitriles is 1. The van der Waals surface area contributed by atoms with Crippen LogP contribution in [-0.2, 0) is 10.2 Å². The van der Waals surface area contributed by atoms with E-state index in [1.165, 1.54) is 4.90 Å². The minimum absolute atomic E-state index is 0.278. The van der Waals surface area contributed by atoms with Crippen LogP contribution in [0.25, 0.3) is 0 Å². The molecule has 5 heteroatoms. The lowest BCUT2D eigenvalue weighted by Gasteiger charge is -2.30. The molecule has 1 amide bonds. The molecule has 0 aliphatic carbocycles. The number of carbonyl (C=O) groups is 1. The van der Waals surface area contributed by atoms with Gasteiger partial charge < -0.3 is 9.64 Å². The van der Waals surface area contributed by atoms with Crippen LogP contribution in [0.15, 0.2) is 24.3 Å². The molecule has 0 fully saturated rings. The number of hydrogen-bond acceptors (Lipinski definition) is 3. The van der Waals surface area contributed by atoms with E-state index in [2.05, 4.69) is 6.07 Å². The maximum Gasteiger partial charge on any atom is 0.409 e. The Hall–Kier alpha value is -1.73. The monoisotopic (exact) mass is 294 g/mol. The molecule has 0 aromatic heterocycles. The van der Waals surface area contributed by atoms with Crippen LogP contribution < -0.4 is 0 Å². The highest BCUT2D eigenvalue weighted by atomic mass is 35.5. The molecule has 0 radical (unpaired) electrons. The largest absolute Gasteiger partial charge is 0.450 e. The zero-order valence-electron chi connectivity index (χ0n) is 12.0. The topological polar surface area (TPSA) is 53.3 Å². The Morgan fingerprint density at radius 3 is 2.45 bits per heavy atom. The van der Waals surface area contributed by atoms with Crippen molar-refractivity contribution in [3.05, 3.63) is 34.9 Å². The van der Waals surface area contributed by atoms with Crippen molar-refractivity contribution in [2.45, 2.75) is 25.7 Å². The van der Waals surface area contributed by atoms with Crippen LogP contribution in [0.2, 0.25) is 5.02 Å². The summed E-state index contributed by atoms with van der Waals surface area (Å²) in [6.45, 7) is 4.27. The van der Waals surface area contributed by atoms with Crippen LogP contribution >= 0.6 is 11.6 Å². The number of amides is 1. The zero-order chi connectivity index (χ0) is 15.2. The van der Waals surface area contributed by atoms with E-state index in [-0.39, 0.29) is 6.54 Å². The van der Waals surface area contributed by atoms with Crippen LogP contribution in [0.5, 0.6) is 0 Å². The summed E-state index contributed by atoms with van der Waals surface area (Å²) in [5.74, 6) is 0. The van der Waals surface area contributed by atoms with Gasteiger partial charge in [0, 0.05) is 18.6 Å².